The van der Waals surface area contributed by atoms with Crippen LogP contribution in [0.15, 0.2) is 18.2 Å². The lowest BCUT2D eigenvalue weighted by Crippen LogP contribution is -2.05. The second-order valence-corrected chi connectivity index (χ2v) is 6.01. The Bertz CT molecular complexity index is 470. The molecule has 1 N–H and O–H groups in total. The normalized spacial score (nSPS) is 12.0. The highest BCUT2D eigenvalue weighted by Crippen LogP contribution is 2.27. The molecule has 0 aliphatic carbocycles. The molecule has 4 nitrogen and oxygen atoms in total. The molecular formula is C19H30O4. The first-order valence-electron chi connectivity index (χ1n) is 8.67. The van der Waals surface area contributed by atoms with Crippen molar-refractivity contribution in [3.8, 4) is 11.5 Å². The molecule has 0 saturated heterocycles. The third kappa shape index (κ3) is 7.91. The molecule has 4 heteroatoms. The maximum absolute atomic E-state index is 11.7. The van der Waals surface area contributed by atoms with Crippen molar-refractivity contribution in [2.75, 3.05) is 6.61 Å². The summed E-state index contributed by atoms with van der Waals surface area (Å²) in [6.07, 6.45) is 6.06. The van der Waals surface area contributed by atoms with Gasteiger partial charge in [0.05, 0.1) is 6.61 Å². The predicted molar refractivity (Wildman–Crippen MR) is 91.6 cm³/mol. The van der Waals surface area contributed by atoms with Crippen LogP contribution in [0.3, 0.4) is 0 Å². The summed E-state index contributed by atoms with van der Waals surface area (Å²) in [5, 5.41) is 9.63. The van der Waals surface area contributed by atoms with E-state index in [1.54, 1.807) is 18.2 Å². The number of carbonyl (C=O) groups is 1. The zero-order chi connectivity index (χ0) is 17.1. The van der Waals surface area contributed by atoms with Crippen LogP contribution in [0.2, 0.25) is 0 Å². The summed E-state index contributed by atoms with van der Waals surface area (Å²) in [5.74, 6) is 1.13. The Morgan fingerprint density at radius 3 is 2.70 bits per heavy atom. The van der Waals surface area contributed by atoms with E-state index in [2.05, 4.69) is 13.8 Å². The van der Waals surface area contributed by atoms with Crippen molar-refractivity contribution in [2.24, 2.45) is 5.92 Å². The van der Waals surface area contributed by atoms with Crippen LogP contribution in [0, 0.1) is 5.92 Å². The molecule has 0 heterocycles. The quantitative estimate of drug-likeness (QED) is 0.468. The highest BCUT2D eigenvalue weighted by molar-refractivity contribution is 5.69. The van der Waals surface area contributed by atoms with E-state index in [0.29, 0.717) is 18.8 Å². The maximum Gasteiger partial charge on any atom is 0.306 e. The second kappa shape index (κ2) is 10.9. The molecule has 1 atom stereocenters. The lowest BCUT2D eigenvalue weighted by Gasteiger charge is -2.09. The van der Waals surface area contributed by atoms with Crippen LogP contribution in [0.25, 0.3) is 0 Å². The summed E-state index contributed by atoms with van der Waals surface area (Å²) < 4.78 is 10.6. The Kier molecular flexibility index (Phi) is 9.18. The standard InChI is InChI=1S/C19H30O4/c1-4-15(3)9-7-6-8-10-19(21)23-14-16-11-12-17(20)18(13-16)22-5-2/h11-13,15,20H,4-10,14H2,1-3H3. The first kappa shape index (κ1) is 19.3. The molecule has 0 aliphatic rings. The van der Waals surface area contributed by atoms with Gasteiger partial charge in [-0.2, -0.15) is 0 Å². The molecule has 23 heavy (non-hydrogen) atoms. The SMILES string of the molecule is CCOc1cc(COC(=O)CCCCCC(C)CC)ccc1O. The van der Waals surface area contributed by atoms with Gasteiger partial charge in [0, 0.05) is 6.42 Å². The van der Waals surface area contributed by atoms with Crippen molar-refractivity contribution < 1.29 is 19.4 Å². The van der Waals surface area contributed by atoms with Gasteiger partial charge in [0.1, 0.15) is 6.61 Å². The Balaban J connectivity index is 2.24. The molecule has 1 aromatic carbocycles. The Morgan fingerprint density at radius 2 is 2.00 bits per heavy atom. The number of carbonyl (C=O) groups excluding carboxylic acids is 1. The lowest BCUT2D eigenvalue weighted by atomic mass is 10.0. The number of ether oxygens (including phenoxy) is 2. The minimum atomic E-state index is -0.167. The van der Waals surface area contributed by atoms with Gasteiger partial charge in [0.2, 0.25) is 0 Å². The monoisotopic (exact) mass is 322 g/mol. The first-order valence-corrected chi connectivity index (χ1v) is 8.67. The van der Waals surface area contributed by atoms with Crippen LogP contribution >= 0.6 is 0 Å². The number of unbranched alkanes of at least 4 members (excludes halogenated alkanes) is 2. The number of aromatic hydroxyl groups is 1. The number of hydrogen-bond acceptors (Lipinski definition) is 4. The number of phenols is 1. The van der Waals surface area contributed by atoms with Crippen LogP contribution in [0.5, 0.6) is 11.5 Å². The molecule has 1 unspecified atom stereocenters. The van der Waals surface area contributed by atoms with Gasteiger partial charge in [-0.05, 0) is 37.0 Å². The van der Waals surface area contributed by atoms with E-state index in [1.165, 1.54) is 19.3 Å². The van der Waals surface area contributed by atoms with Gasteiger partial charge < -0.3 is 14.6 Å². The highest BCUT2D eigenvalue weighted by Gasteiger charge is 2.07. The van der Waals surface area contributed by atoms with E-state index < -0.39 is 0 Å². The van der Waals surface area contributed by atoms with Gasteiger partial charge in [0.25, 0.3) is 0 Å². The Labute approximate surface area is 139 Å². The number of hydrogen-bond donors (Lipinski definition) is 1. The van der Waals surface area contributed by atoms with E-state index in [0.717, 1.165) is 24.3 Å². The van der Waals surface area contributed by atoms with E-state index in [4.69, 9.17) is 9.47 Å². The van der Waals surface area contributed by atoms with E-state index in [1.807, 2.05) is 6.92 Å². The van der Waals surface area contributed by atoms with Crippen LogP contribution < -0.4 is 4.74 Å². The van der Waals surface area contributed by atoms with Gasteiger partial charge in [-0.1, -0.05) is 45.6 Å². The minimum absolute atomic E-state index is 0.100. The molecule has 0 bridgehead atoms. The number of rotatable bonds is 11. The Morgan fingerprint density at radius 1 is 1.22 bits per heavy atom. The summed E-state index contributed by atoms with van der Waals surface area (Å²) in [6.45, 7) is 7.03. The van der Waals surface area contributed by atoms with E-state index in [9.17, 15) is 9.90 Å². The molecule has 0 amide bonds. The summed E-state index contributed by atoms with van der Waals surface area (Å²) in [6, 6.07) is 5.00. The van der Waals surface area contributed by atoms with Crippen LogP contribution in [0.4, 0.5) is 0 Å². The smallest absolute Gasteiger partial charge is 0.306 e. The fourth-order valence-electron chi connectivity index (χ4n) is 2.30. The molecule has 1 aromatic rings. The van der Waals surface area contributed by atoms with Gasteiger partial charge in [-0.3, -0.25) is 4.79 Å². The summed E-state index contributed by atoms with van der Waals surface area (Å²) >= 11 is 0. The molecule has 0 radical (unpaired) electrons. The molecule has 1 rings (SSSR count). The minimum Gasteiger partial charge on any atom is -0.504 e. The van der Waals surface area contributed by atoms with Crippen molar-refractivity contribution in [1.29, 1.82) is 0 Å². The summed E-state index contributed by atoms with van der Waals surface area (Å²) in [4.78, 5) is 11.7. The number of phenolic OH excluding ortho intramolecular Hbond substituents is 1. The van der Waals surface area contributed by atoms with Gasteiger partial charge in [-0.15, -0.1) is 0 Å². The lowest BCUT2D eigenvalue weighted by molar-refractivity contribution is -0.145. The number of esters is 1. The van der Waals surface area contributed by atoms with Crippen molar-refractivity contribution in [3.63, 3.8) is 0 Å². The number of benzene rings is 1. The highest BCUT2D eigenvalue weighted by atomic mass is 16.5. The molecular weight excluding hydrogens is 292 g/mol. The second-order valence-electron chi connectivity index (χ2n) is 6.01. The molecule has 0 fully saturated rings. The molecule has 0 spiro atoms. The third-order valence-electron chi connectivity index (χ3n) is 4.00. The zero-order valence-corrected chi connectivity index (χ0v) is 14.6. The van der Waals surface area contributed by atoms with Crippen LogP contribution in [0.1, 0.15) is 64.9 Å². The maximum atomic E-state index is 11.7. The summed E-state index contributed by atoms with van der Waals surface area (Å²) in [5.41, 5.74) is 0.816. The predicted octanol–water partition coefficient (Wildman–Crippen LogP) is 4.83. The summed E-state index contributed by atoms with van der Waals surface area (Å²) in [7, 11) is 0. The van der Waals surface area contributed by atoms with Crippen molar-refractivity contribution in [1.82, 2.24) is 0 Å². The largest absolute Gasteiger partial charge is 0.504 e. The van der Waals surface area contributed by atoms with Crippen molar-refractivity contribution in [3.05, 3.63) is 23.8 Å². The van der Waals surface area contributed by atoms with Crippen LogP contribution in [-0.4, -0.2) is 17.7 Å². The molecule has 130 valence electrons. The third-order valence-corrected chi connectivity index (χ3v) is 4.00. The molecule has 0 saturated carbocycles. The van der Waals surface area contributed by atoms with Crippen LogP contribution in [-0.2, 0) is 16.1 Å². The topological polar surface area (TPSA) is 55.8 Å². The van der Waals surface area contributed by atoms with E-state index in [-0.39, 0.29) is 18.3 Å². The van der Waals surface area contributed by atoms with Gasteiger partial charge in [-0.25, -0.2) is 0 Å². The van der Waals surface area contributed by atoms with Gasteiger partial charge in [0.15, 0.2) is 11.5 Å². The van der Waals surface area contributed by atoms with Crippen molar-refractivity contribution >= 4 is 5.97 Å². The van der Waals surface area contributed by atoms with Gasteiger partial charge >= 0.3 is 5.97 Å². The fraction of sp³-hybridized carbons (Fsp3) is 0.632. The zero-order valence-electron chi connectivity index (χ0n) is 14.6. The fourth-order valence-corrected chi connectivity index (χ4v) is 2.30. The molecule has 0 aliphatic heterocycles. The van der Waals surface area contributed by atoms with Crippen molar-refractivity contribution in [2.45, 2.75) is 65.9 Å². The first-order chi connectivity index (χ1) is 11.1. The Hall–Kier alpha value is -1.71. The average Bonchev–Trinajstić information content (AvgIpc) is 2.55. The van der Waals surface area contributed by atoms with E-state index >= 15 is 0 Å². The molecule has 0 aromatic heterocycles. The average molecular weight is 322 g/mol.